The molecule has 180 valence electrons. The zero-order chi connectivity index (χ0) is 24.8. The highest BCUT2D eigenvalue weighted by molar-refractivity contribution is 7.99. The van der Waals surface area contributed by atoms with E-state index in [1.165, 1.54) is 22.9 Å². The molecule has 4 rings (SSSR count). The van der Waals surface area contributed by atoms with Crippen LogP contribution in [-0.2, 0) is 11.3 Å². The predicted octanol–water partition coefficient (Wildman–Crippen LogP) is 5.04. The standard InChI is InChI=1S/C27H28N4O3S/c1-18-9-11-20(12-10-18)16-31-23-8-6-5-7-22(23)28-27(31)35-17-26(32)30-29-19(2)21-13-14-24(33-3)25(15-21)34-4/h5-15H,16-17H2,1-4H3,(H,30,32)/b29-19+. The molecule has 3 aromatic carbocycles. The molecule has 1 heterocycles. The van der Waals surface area contributed by atoms with Gasteiger partial charge in [-0.15, -0.1) is 0 Å². The van der Waals surface area contributed by atoms with Crippen molar-refractivity contribution in [3.8, 4) is 11.5 Å². The second-order valence-electron chi connectivity index (χ2n) is 8.05. The lowest BCUT2D eigenvalue weighted by atomic mass is 10.1. The van der Waals surface area contributed by atoms with E-state index in [0.29, 0.717) is 23.8 Å². The number of benzene rings is 3. The van der Waals surface area contributed by atoms with Gasteiger partial charge in [-0.3, -0.25) is 4.79 Å². The van der Waals surface area contributed by atoms with Crippen LogP contribution in [0.25, 0.3) is 11.0 Å². The quantitative estimate of drug-likeness (QED) is 0.203. The molecule has 1 aromatic heterocycles. The highest BCUT2D eigenvalue weighted by atomic mass is 32.2. The summed E-state index contributed by atoms with van der Waals surface area (Å²) in [6.45, 7) is 4.59. The summed E-state index contributed by atoms with van der Waals surface area (Å²) in [5.74, 6) is 1.23. The van der Waals surface area contributed by atoms with E-state index in [1.54, 1.807) is 14.2 Å². The van der Waals surface area contributed by atoms with Crippen LogP contribution in [0.1, 0.15) is 23.6 Å². The van der Waals surface area contributed by atoms with E-state index in [1.807, 2.05) is 43.3 Å². The number of aryl methyl sites for hydroxylation is 1. The molecule has 0 aliphatic rings. The number of fused-ring (bicyclic) bond motifs is 1. The van der Waals surface area contributed by atoms with E-state index in [9.17, 15) is 4.79 Å². The number of thioether (sulfide) groups is 1. The highest BCUT2D eigenvalue weighted by Crippen LogP contribution is 2.28. The van der Waals surface area contributed by atoms with Crippen LogP contribution >= 0.6 is 11.8 Å². The maximum Gasteiger partial charge on any atom is 0.250 e. The number of hydrazone groups is 1. The van der Waals surface area contributed by atoms with Crippen molar-refractivity contribution in [2.24, 2.45) is 5.10 Å². The number of nitrogens with zero attached hydrogens (tertiary/aromatic N) is 3. The summed E-state index contributed by atoms with van der Waals surface area (Å²) in [4.78, 5) is 17.3. The Labute approximate surface area is 209 Å². The molecule has 7 nitrogen and oxygen atoms in total. The molecule has 1 N–H and O–H groups in total. The van der Waals surface area contributed by atoms with Crippen LogP contribution < -0.4 is 14.9 Å². The number of para-hydroxylation sites is 2. The Bertz CT molecular complexity index is 1360. The molecule has 0 fully saturated rings. The van der Waals surface area contributed by atoms with E-state index < -0.39 is 0 Å². The summed E-state index contributed by atoms with van der Waals surface area (Å²) < 4.78 is 12.8. The largest absolute Gasteiger partial charge is 0.493 e. The van der Waals surface area contributed by atoms with Crippen LogP contribution in [0.4, 0.5) is 0 Å². The SMILES string of the molecule is COc1ccc(/C(C)=N/NC(=O)CSc2nc3ccccc3n2Cc2ccc(C)cc2)cc1OC. The fraction of sp³-hybridized carbons (Fsp3) is 0.222. The van der Waals surface area contributed by atoms with Crippen LogP contribution in [-0.4, -0.2) is 41.1 Å². The molecule has 0 saturated heterocycles. The van der Waals surface area contributed by atoms with Gasteiger partial charge in [-0.25, -0.2) is 10.4 Å². The third kappa shape index (κ3) is 5.84. The Kier molecular flexibility index (Phi) is 7.72. The number of amides is 1. The molecule has 0 aliphatic carbocycles. The highest BCUT2D eigenvalue weighted by Gasteiger charge is 2.14. The third-order valence-corrected chi connectivity index (χ3v) is 6.54. The molecular weight excluding hydrogens is 460 g/mol. The minimum absolute atomic E-state index is 0.194. The van der Waals surface area contributed by atoms with Gasteiger partial charge in [0.2, 0.25) is 0 Å². The Morgan fingerprint density at radius 1 is 1.03 bits per heavy atom. The first-order valence-electron chi connectivity index (χ1n) is 11.2. The number of hydrogen-bond donors (Lipinski definition) is 1. The Balaban J connectivity index is 1.45. The van der Waals surface area contributed by atoms with Gasteiger partial charge in [0.1, 0.15) is 0 Å². The number of carbonyl (C=O) groups is 1. The lowest BCUT2D eigenvalue weighted by Gasteiger charge is -2.10. The monoisotopic (exact) mass is 488 g/mol. The molecule has 1 amide bonds. The average Bonchev–Trinajstić information content (AvgIpc) is 3.24. The third-order valence-electron chi connectivity index (χ3n) is 5.56. The minimum atomic E-state index is -0.205. The van der Waals surface area contributed by atoms with Crippen LogP contribution in [0.3, 0.4) is 0 Å². The molecule has 35 heavy (non-hydrogen) atoms. The normalized spacial score (nSPS) is 11.5. The van der Waals surface area contributed by atoms with E-state index >= 15 is 0 Å². The smallest absolute Gasteiger partial charge is 0.250 e. The summed E-state index contributed by atoms with van der Waals surface area (Å²) in [6.07, 6.45) is 0. The summed E-state index contributed by atoms with van der Waals surface area (Å²) in [6, 6.07) is 22.0. The number of hydrogen-bond acceptors (Lipinski definition) is 6. The first-order chi connectivity index (χ1) is 17.0. The van der Waals surface area contributed by atoms with Crippen molar-refractivity contribution >= 4 is 34.4 Å². The van der Waals surface area contributed by atoms with Crippen LogP contribution in [0.15, 0.2) is 77.0 Å². The average molecular weight is 489 g/mol. The molecule has 0 atom stereocenters. The Morgan fingerprint density at radius 2 is 1.77 bits per heavy atom. The van der Waals surface area contributed by atoms with Gasteiger partial charge in [0.25, 0.3) is 5.91 Å². The number of nitrogens with one attached hydrogen (secondary N) is 1. The van der Waals surface area contributed by atoms with Gasteiger partial charge in [0.05, 0.1) is 43.3 Å². The Hall–Kier alpha value is -3.78. The topological polar surface area (TPSA) is 77.7 Å². The van der Waals surface area contributed by atoms with Crippen molar-refractivity contribution in [3.63, 3.8) is 0 Å². The van der Waals surface area contributed by atoms with Crippen molar-refractivity contribution in [2.45, 2.75) is 25.5 Å². The molecule has 0 saturated carbocycles. The molecule has 0 radical (unpaired) electrons. The summed E-state index contributed by atoms with van der Waals surface area (Å²) in [5.41, 5.74) is 8.49. The number of imidazole rings is 1. The van der Waals surface area contributed by atoms with Gasteiger partial charge in [-0.1, -0.05) is 53.7 Å². The van der Waals surface area contributed by atoms with Crippen molar-refractivity contribution < 1.29 is 14.3 Å². The zero-order valence-corrected chi connectivity index (χ0v) is 21.1. The molecule has 0 bridgehead atoms. The van der Waals surface area contributed by atoms with Crippen LogP contribution in [0.2, 0.25) is 0 Å². The van der Waals surface area contributed by atoms with Crippen molar-refractivity contribution in [1.29, 1.82) is 0 Å². The van der Waals surface area contributed by atoms with E-state index in [2.05, 4.69) is 52.3 Å². The first kappa shape index (κ1) is 24.3. The molecule has 0 unspecified atom stereocenters. The van der Waals surface area contributed by atoms with Gasteiger partial charge in [0, 0.05) is 5.56 Å². The van der Waals surface area contributed by atoms with Crippen molar-refractivity contribution in [2.75, 3.05) is 20.0 Å². The number of aromatic nitrogens is 2. The summed E-state index contributed by atoms with van der Waals surface area (Å²) in [7, 11) is 3.17. The van der Waals surface area contributed by atoms with Gasteiger partial charge in [-0.05, 0) is 49.7 Å². The number of methoxy groups -OCH3 is 2. The number of ether oxygens (including phenoxy) is 2. The lowest BCUT2D eigenvalue weighted by molar-refractivity contribution is -0.118. The van der Waals surface area contributed by atoms with Gasteiger partial charge in [0.15, 0.2) is 16.7 Å². The van der Waals surface area contributed by atoms with Crippen LogP contribution in [0.5, 0.6) is 11.5 Å². The predicted molar refractivity (Wildman–Crippen MR) is 141 cm³/mol. The van der Waals surface area contributed by atoms with Crippen molar-refractivity contribution in [3.05, 3.63) is 83.4 Å². The fourth-order valence-corrected chi connectivity index (χ4v) is 4.43. The minimum Gasteiger partial charge on any atom is -0.493 e. The lowest BCUT2D eigenvalue weighted by Crippen LogP contribution is -2.21. The molecular formula is C27H28N4O3S. The van der Waals surface area contributed by atoms with E-state index in [4.69, 9.17) is 14.5 Å². The van der Waals surface area contributed by atoms with Crippen LogP contribution in [0, 0.1) is 6.92 Å². The second kappa shape index (κ2) is 11.1. The zero-order valence-electron chi connectivity index (χ0n) is 20.2. The number of rotatable bonds is 9. The molecule has 4 aromatic rings. The van der Waals surface area contributed by atoms with E-state index in [-0.39, 0.29) is 11.7 Å². The van der Waals surface area contributed by atoms with Gasteiger partial charge < -0.3 is 14.0 Å². The fourth-order valence-electron chi connectivity index (χ4n) is 3.63. The number of carbonyl (C=O) groups excluding carboxylic acids is 1. The maximum absolute atomic E-state index is 12.6. The summed E-state index contributed by atoms with van der Waals surface area (Å²) in [5, 5.41) is 5.05. The second-order valence-corrected chi connectivity index (χ2v) is 8.99. The first-order valence-corrected chi connectivity index (χ1v) is 12.2. The molecule has 0 aliphatic heterocycles. The maximum atomic E-state index is 12.6. The Morgan fingerprint density at radius 3 is 2.51 bits per heavy atom. The van der Waals surface area contributed by atoms with Gasteiger partial charge >= 0.3 is 0 Å². The van der Waals surface area contributed by atoms with Crippen molar-refractivity contribution in [1.82, 2.24) is 15.0 Å². The molecule has 8 heteroatoms. The van der Waals surface area contributed by atoms with E-state index in [0.717, 1.165) is 21.8 Å². The van der Waals surface area contributed by atoms with Gasteiger partial charge in [-0.2, -0.15) is 5.10 Å². The molecule has 0 spiro atoms. The summed E-state index contributed by atoms with van der Waals surface area (Å²) >= 11 is 1.40.